The summed E-state index contributed by atoms with van der Waals surface area (Å²) in [6, 6.07) is 71.9. The first kappa shape index (κ1) is 34.4. The summed E-state index contributed by atoms with van der Waals surface area (Å²) >= 11 is 0. The zero-order chi connectivity index (χ0) is 40.0. The number of benzene rings is 9. The largest absolute Gasteiger partial charge is 0.455 e. The molecule has 0 saturated carbocycles. The van der Waals surface area contributed by atoms with Gasteiger partial charge in [-0.05, 0) is 76.7 Å². The van der Waals surface area contributed by atoms with Crippen LogP contribution in [0.25, 0.3) is 87.7 Å². The number of nitrogens with one attached hydrogen (secondary N) is 3. The summed E-state index contributed by atoms with van der Waals surface area (Å²) in [6.45, 7) is 0. The van der Waals surface area contributed by atoms with Gasteiger partial charge in [0, 0.05) is 38.0 Å². The second kappa shape index (κ2) is 13.5. The van der Waals surface area contributed by atoms with Crippen LogP contribution in [0.1, 0.15) is 35.2 Å². The topological polar surface area (TPSA) is 59.1 Å². The van der Waals surface area contributed by atoms with Crippen LogP contribution in [0.5, 0.6) is 0 Å². The standard InChI is InChI=1S/C55H39N5O/c1-4-16-34(17-5-1)53-56-54(35-18-6-2-7-19-35)58-55(57-53)41-29-31-45(38-23-11-10-22-37(38)41)60-44-26-14-12-25-42(44)49-46(60)33-30-43-50-47(59(51(43)49)36-20-8-3-9-21-36)32-28-40-39-24-13-15-27-48(39)61-52(40)50/h1-33,53-58H. The van der Waals surface area contributed by atoms with Gasteiger partial charge < -0.3 is 13.6 Å². The van der Waals surface area contributed by atoms with E-state index in [4.69, 9.17) is 4.42 Å². The van der Waals surface area contributed by atoms with E-state index in [9.17, 15) is 0 Å². The Morgan fingerprint density at radius 2 is 0.918 bits per heavy atom. The third-order valence-corrected chi connectivity index (χ3v) is 12.8. The quantitative estimate of drug-likeness (QED) is 0.163. The van der Waals surface area contributed by atoms with E-state index >= 15 is 0 Å². The molecule has 0 bridgehead atoms. The zero-order valence-electron chi connectivity index (χ0n) is 33.1. The van der Waals surface area contributed by atoms with Gasteiger partial charge in [0.15, 0.2) is 0 Å². The van der Waals surface area contributed by atoms with Gasteiger partial charge in [-0.1, -0.05) is 146 Å². The number of para-hydroxylation sites is 3. The average Bonchev–Trinajstić information content (AvgIpc) is 3.99. The monoisotopic (exact) mass is 785 g/mol. The Morgan fingerprint density at radius 1 is 0.361 bits per heavy atom. The molecule has 2 unspecified atom stereocenters. The molecule has 9 aromatic carbocycles. The van der Waals surface area contributed by atoms with Crippen LogP contribution in [-0.2, 0) is 0 Å². The molecule has 1 aliphatic heterocycles. The highest BCUT2D eigenvalue weighted by Gasteiger charge is 2.31. The molecular weight excluding hydrogens is 747 g/mol. The number of hydrogen-bond acceptors (Lipinski definition) is 4. The average molecular weight is 786 g/mol. The number of aromatic nitrogens is 2. The van der Waals surface area contributed by atoms with Crippen molar-refractivity contribution in [2.75, 3.05) is 0 Å². The summed E-state index contributed by atoms with van der Waals surface area (Å²) < 4.78 is 11.7. The van der Waals surface area contributed by atoms with Crippen LogP contribution in [-0.4, -0.2) is 9.13 Å². The predicted molar refractivity (Wildman–Crippen MR) is 250 cm³/mol. The van der Waals surface area contributed by atoms with Crippen molar-refractivity contribution in [1.29, 1.82) is 0 Å². The van der Waals surface area contributed by atoms with E-state index in [0.717, 1.165) is 55.2 Å². The van der Waals surface area contributed by atoms with Gasteiger partial charge in [0.1, 0.15) is 11.2 Å². The summed E-state index contributed by atoms with van der Waals surface area (Å²) in [5.41, 5.74) is 12.3. The smallest absolute Gasteiger partial charge is 0.145 e. The van der Waals surface area contributed by atoms with Crippen molar-refractivity contribution in [1.82, 2.24) is 25.1 Å². The lowest BCUT2D eigenvalue weighted by atomic mass is 9.98. The van der Waals surface area contributed by atoms with Crippen molar-refractivity contribution in [3.63, 3.8) is 0 Å². The molecule has 0 aliphatic carbocycles. The maximum atomic E-state index is 6.74. The molecule has 4 heterocycles. The summed E-state index contributed by atoms with van der Waals surface area (Å²) in [5, 5.41) is 21.0. The minimum absolute atomic E-state index is 0.0620. The van der Waals surface area contributed by atoms with Gasteiger partial charge >= 0.3 is 0 Å². The lowest BCUT2D eigenvalue weighted by Crippen LogP contribution is -2.54. The number of rotatable bonds is 5. The Kier molecular flexibility index (Phi) is 7.63. The maximum absolute atomic E-state index is 6.74. The highest BCUT2D eigenvalue weighted by atomic mass is 16.3. The van der Waals surface area contributed by atoms with Gasteiger partial charge in [-0.2, -0.15) is 0 Å². The Balaban J connectivity index is 1.06. The third kappa shape index (κ3) is 5.20. The lowest BCUT2D eigenvalue weighted by molar-refractivity contribution is 0.204. The maximum Gasteiger partial charge on any atom is 0.145 e. The van der Waals surface area contributed by atoms with E-state index in [1.165, 1.54) is 49.1 Å². The second-order valence-corrected chi connectivity index (χ2v) is 16.2. The van der Waals surface area contributed by atoms with Crippen LogP contribution in [0.15, 0.2) is 205 Å². The first-order valence-electron chi connectivity index (χ1n) is 21.0. The highest BCUT2D eigenvalue weighted by Crippen LogP contribution is 2.46. The van der Waals surface area contributed by atoms with Crippen molar-refractivity contribution in [3.05, 3.63) is 217 Å². The Hall–Kier alpha value is -7.48. The fraction of sp³-hybridized carbons (Fsp3) is 0.0545. The second-order valence-electron chi connectivity index (χ2n) is 16.2. The van der Waals surface area contributed by atoms with E-state index < -0.39 is 0 Å². The van der Waals surface area contributed by atoms with E-state index in [1.807, 2.05) is 6.07 Å². The zero-order valence-corrected chi connectivity index (χ0v) is 33.1. The fourth-order valence-electron chi connectivity index (χ4n) is 10.2. The van der Waals surface area contributed by atoms with Crippen molar-refractivity contribution >= 4 is 76.3 Å². The van der Waals surface area contributed by atoms with Crippen LogP contribution in [0.4, 0.5) is 0 Å². The SMILES string of the molecule is c1ccc(C2NC(c3ccccc3)NC(c3ccc(-n4c5ccccc5c5c4ccc4c6c7oc8ccccc8c7ccc6n(-c6ccccc6)c45)c4ccccc34)N2)cc1. The summed E-state index contributed by atoms with van der Waals surface area (Å²) in [7, 11) is 0. The summed E-state index contributed by atoms with van der Waals surface area (Å²) in [5.74, 6) is 0. The molecule has 12 aromatic rings. The Morgan fingerprint density at radius 3 is 1.64 bits per heavy atom. The molecule has 3 aromatic heterocycles. The molecule has 3 N–H and O–H groups in total. The number of hydrogen-bond donors (Lipinski definition) is 3. The number of fused-ring (bicyclic) bond motifs is 12. The fourth-order valence-corrected chi connectivity index (χ4v) is 10.2. The van der Waals surface area contributed by atoms with E-state index in [-0.39, 0.29) is 18.5 Å². The first-order valence-corrected chi connectivity index (χ1v) is 21.0. The minimum atomic E-state index is -0.134. The summed E-state index contributed by atoms with van der Waals surface area (Å²) in [4.78, 5) is 0. The first-order chi connectivity index (χ1) is 30.3. The van der Waals surface area contributed by atoms with Crippen LogP contribution < -0.4 is 16.0 Å². The molecule has 2 atom stereocenters. The normalized spacial score (nSPS) is 17.1. The Labute approximate surface area is 351 Å². The molecule has 0 spiro atoms. The van der Waals surface area contributed by atoms with Crippen molar-refractivity contribution in [2.24, 2.45) is 0 Å². The van der Waals surface area contributed by atoms with Crippen molar-refractivity contribution < 1.29 is 4.42 Å². The predicted octanol–water partition coefficient (Wildman–Crippen LogP) is 13.1. The molecule has 6 nitrogen and oxygen atoms in total. The number of nitrogens with zero attached hydrogens (tertiary/aromatic N) is 2. The number of furan rings is 1. The van der Waals surface area contributed by atoms with E-state index in [1.54, 1.807) is 0 Å². The summed E-state index contributed by atoms with van der Waals surface area (Å²) in [6.07, 6.45) is -0.258. The molecule has 13 rings (SSSR count). The van der Waals surface area contributed by atoms with E-state index in [2.05, 4.69) is 219 Å². The molecule has 0 radical (unpaired) electrons. The lowest BCUT2D eigenvalue weighted by Gasteiger charge is -2.40. The molecule has 6 heteroatoms. The van der Waals surface area contributed by atoms with Gasteiger partial charge in [-0.3, -0.25) is 16.0 Å². The molecular formula is C55H39N5O. The van der Waals surface area contributed by atoms with Gasteiger partial charge in [0.05, 0.1) is 51.6 Å². The molecule has 1 aliphatic rings. The molecule has 290 valence electrons. The van der Waals surface area contributed by atoms with Crippen LogP contribution >= 0.6 is 0 Å². The van der Waals surface area contributed by atoms with E-state index in [0.29, 0.717) is 0 Å². The molecule has 61 heavy (non-hydrogen) atoms. The van der Waals surface area contributed by atoms with Crippen LogP contribution in [0.2, 0.25) is 0 Å². The third-order valence-electron chi connectivity index (χ3n) is 12.8. The molecule has 1 saturated heterocycles. The molecule has 1 fully saturated rings. The van der Waals surface area contributed by atoms with Gasteiger partial charge in [-0.15, -0.1) is 0 Å². The van der Waals surface area contributed by atoms with Gasteiger partial charge in [0.25, 0.3) is 0 Å². The Bertz CT molecular complexity index is 3600. The minimum Gasteiger partial charge on any atom is -0.455 e. The van der Waals surface area contributed by atoms with Gasteiger partial charge in [0.2, 0.25) is 0 Å². The van der Waals surface area contributed by atoms with Crippen LogP contribution in [0, 0.1) is 0 Å². The van der Waals surface area contributed by atoms with Crippen molar-refractivity contribution in [3.8, 4) is 11.4 Å². The van der Waals surface area contributed by atoms with Crippen molar-refractivity contribution in [2.45, 2.75) is 18.5 Å². The van der Waals surface area contributed by atoms with Gasteiger partial charge in [-0.25, -0.2) is 0 Å². The highest BCUT2D eigenvalue weighted by molar-refractivity contribution is 6.31. The molecule has 0 amide bonds. The van der Waals surface area contributed by atoms with Crippen LogP contribution in [0.3, 0.4) is 0 Å².